The van der Waals surface area contributed by atoms with E-state index in [4.69, 9.17) is 0 Å². The lowest BCUT2D eigenvalue weighted by atomic mass is 10.2. The van der Waals surface area contributed by atoms with E-state index in [0.717, 1.165) is 24.8 Å². The summed E-state index contributed by atoms with van der Waals surface area (Å²) in [7, 11) is -3.49. The monoisotopic (exact) mass is 387 g/mol. The lowest BCUT2D eigenvalue weighted by Gasteiger charge is -2.23. The number of benzene rings is 2. The zero-order valence-corrected chi connectivity index (χ0v) is 16.4. The predicted octanol–water partition coefficient (Wildman–Crippen LogP) is 4.20. The highest BCUT2D eigenvalue weighted by Crippen LogP contribution is 2.28. The molecule has 3 rings (SSSR count). The van der Waals surface area contributed by atoms with Crippen molar-refractivity contribution >= 4 is 27.4 Å². The third-order valence-electron chi connectivity index (χ3n) is 4.82. The summed E-state index contributed by atoms with van der Waals surface area (Å²) < 4.78 is 27.3. The fourth-order valence-electron chi connectivity index (χ4n) is 3.31. The molecule has 1 fully saturated rings. The van der Waals surface area contributed by atoms with Gasteiger partial charge in [0.15, 0.2) is 0 Å². The molecule has 2 amide bonds. The van der Waals surface area contributed by atoms with Crippen molar-refractivity contribution in [1.82, 2.24) is 4.31 Å². The van der Waals surface area contributed by atoms with E-state index in [1.165, 1.54) is 0 Å². The van der Waals surface area contributed by atoms with E-state index in [1.807, 2.05) is 38.1 Å². The molecule has 2 N–H and O–H groups in total. The summed E-state index contributed by atoms with van der Waals surface area (Å²) in [4.78, 5) is 12.3. The molecular weight excluding hydrogens is 362 g/mol. The number of anilines is 2. The predicted molar refractivity (Wildman–Crippen MR) is 107 cm³/mol. The Labute approximate surface area is 160 Å². The third-order valence-corrected chi connectivity index (χ3v) is 6.79. The smallest absolute Gasteiger partial charge is 0.308 e. The highest BCUT2D eigenvalue weighted by Gasteiger charge is 2.34. The van der Waals surface area contributed by atoms with Crippen LogP contribution in [-0.2, 0) is 10.0 Å². The highest BCUT2D eigenvalue weighted by molar-refractivity contribution is 7.89. The molecule has 144 valence electrons. The molecule has 2 aromatic rings. The Morgan fingerprint density at radius 2 is 1.59 bits per heavy atom. The number of carbonyl (C=O) groups is 1. The molecule has 0 radical (unpaired) electrons. The van der Waals surface area contributed by atoms with Crippen LogP contribution in [-0.4, -0.2) is 31.3 Å². The second kappa shape index (κ2) is 8.10. The van der Waals surface area contributed by atoms with Crippen molar-refractivity contribution in [3.63, 3.8) is 0 Å². The summed E-state index contributed by atoms with van der Waals surface area (Å²) >= 11 is 0. The SMILES string of the molecule is CC[C@H]1CCCN1S(=O)(=O)c1ccc(NC(=O)Nc2ccc(C)cc2)cc1. The van der Waals surface area contributed by atoms with E-state index in [-0.39, 0.29) is 17.0 Å². The van der Waals surface area contributed by atoms with E-state index in [9.17, 15) is 13.2 Å². The van der Waals surface area contributed by atoms with E-state index in [2.05, 4.69) is 10.6 Å². The van der Waals surface area contributed by atoms with E-state index in [1.54, 1.807) is 28.6 Å². The van der Waals surface area contributed by atoms with Gasteiger partial charge in [0.2, 0.25) is 10.0 Å². The average molecular weight is 388 g/mol. The van der Waals surface area contributed by atoms with Gasteiger partial charge in [-0.1, -0.05) is 24.6 Å². The second-order valence-electron chi connectivity index (χ2n) is 6.79. The molecule has 1 atom stereocenters. The highest BCUT2D eigenvalue weighted by atomic mass is 32.2. The normalized spacial score (nSPS) is 17.6. The lowest BCUT2D eigenvalue weighted by molar-refractivity contribution is 0.262. The van der Waals surface area contributed by atoms with E-state index >= 15 is 0 Å². The summed E-state index contributed by atoms with van der Waals surface area (Å²) in [6, 6.07) is 13.5. The van der Waals surface area contributed by atoms with E-state index in [0.29, 0.717) is 17.9 Å². The number of hydrogen-bond donors (Lipinski definition) is 2. The Hall–Kier alpha value is -2.38. The van der Waals surface area contributed by atoms with Crippen LogP contribution in [0.25, 0.3) is 0 Å². The molecule has 2 aromatic carbocycles. The third kappa shape index (κ3) is 4.48. The van der Waals surface area contributed by atoms with Gasteiger partial charge in [-0.05, 0) is 62.6 Å². The number of hydrogen-bond acceptors (Lipinski definition) is 3. The van der Waals surface area contributed by atoms with Crippen molar-refractivity contribution in [3.05, 3.63) is 54.1 Å². The van der Waals surface area contributed by atoms with Crippen molar-refractivity contribution in [1.29, 1.82) is 0 Å². The minimum atomic E-state index is -3.49. The maximum Gasteiger partial charge on any atom is 0.323 e. The first kappa shape index (κ1) is 19.4. The van der Waals surface area contributed by atoms with Crippen LogP contribution < -0.4 is 10.6 Å². The van der Waals surface area contributed by atoms with Crippen LogP contribution in [0.1, 0.15) is 31.7 Å². The van der Waals surface area contributed by atoms with Crippen LogP contribution in [0.5, 0.6) is 0 Å². The quantitative estimate of drug-likeness (QED) is 0.807. The van der Waals surface area contributed by atoms with Crippen molar-refractivity contribution < 1.29 is 13.2 Å². The first-order valence-electron chi connectivity index (χ1n) is 9.16. The molecule has 6 nitrogen and oxygen atoms in total. The van der Waals surface area contributed by atoms with Crippen molar-refractivity contribution in [2.45, 2.75) is 44.0 Å². The van der Waals surface area contributed by atoms with E-state index < -0.39 is 10.0 Å². The first-order valence-corrected chi connectivity index (χ1v) is 10.6. The summed E-state index contributed by atoms with van der Waals surface area (Å²) in [5.41, 5.74) is 2.34. The molecule has 1 heterocycles. The summed E-state index contributed by atoms with van der Waals surface area (Å²) in [6.07, 6.45) is 2.63. The van der Waals surface area contributed by atoms with Crippen LogP contribution in [0.3, 0.4) is 0 Å². The van der Waals surface area contributed by atoms with Crippen LogP contribution >= 0.6 is 0 Å². The molecule has 1 saturated heterocycles. The summed E-state index contributed by atoms with van der Waals surface area (Å²) in [6.45, 7) is 4.56. The molecule has 0 saturated carbocycles. The maximum atomic E-state index is 12.8. The number of rotatable bonds is 5. The molecule has 27 heavy (non-hydrogen) atoms. The maximum absolute atomic E-state index is 12.8. The van der Waals surface area contributed by atoms with Gasteiger partial charge in [-0.25, -0.2) is 13.2 Å². The topological polar surface area (TPSA) is 78.5 Å². The molecule has 0 aliphatic carbocycles. The van der Waals surface area contributed by atoms with Crippen molar-refractivity contribution in [2.75, 3.05) is 17.2 Å². The van der Waals surface area contributed by atoms with Gasteiger partial charge in [0, 0.05) is 24.0 Å². The molecule has 0 bridgehead atoms. The van der Waals surface area contributed by atoms with Crippen LogP contribution in [0, 0.1) is 6.92 Å². The molecule has 0 unspecified atom stereocenters. The number of nitrogens with zero attached hydrogens (tertiary/aromatic N) is 1. The second-order valence-corrected chi connectivity index (χ2v) is 8.68. The fourth-order valence-corrected chi connectivity index (χ4v) is 5.08. The number of aryl methyl sites for hydroxylation is 1. The fraction of sp³-hybridized carbons (Fsp3) is 0.350. The number of nitrogens with one attached hydrogen (secondary N) is 2. The molecule has 7 heteroatoms. The Bertz CT molecular complexity index is 893. The van der Waals surface area contributed by atoms with Crippen LogP contribution in [0.2, 0.25) is 0 Å². The minimum absolute atomic E-state index is 0.0769. The van der Waals surface area contributed by atoms with Gasteiger partial charge in [0.05, 0.1) is 4.90 Å². The summed E-state index contributed by atoms with van der Waals surface area (Å²) in [5, 5.41) is 5.46. The van der Waals surface area contributed by atoms with Gasteiger partial charge in [-0.15, -0.1) is 0 Å². The first-order chi connectivity index (χ1) is 12.9. The average Bonchev–Trinajstić information content (AvgIpc) is 3.14. The molecule has 0 spiro atoms. The van der Waals surface area contributed by atoms with Gasteiger partial charge < -0.3 is 10.6 Å². The Morgan fingerprint density at radius 3 is 2.15 bits per heavy atom. The number of carbonyl (C=O) groups excluding carboxylic acids is 1. The Balaban J connectivity index is 1.66. The van der Waals surface area contributed by atoms with Crippen LogP contribution in [0.4, 0.5) is 16.2 Å². The molecule has 0 aromatic heterocycles. The molecule has 1 aliphatic rings. The van der Waals surface area contributed by atoms with Crippen molar-refractivity contribution in [2.24, 2.45) is 0 Å². The van der Waals surface area contributed by atoms with Gasteiger partial charge in [0.1, 0.15) is 0 Å². The van der Waals surface area contributed by atoms with Gasteiger partial charge >= 0.3 is 6.03 Å². The largest absolute Gasteiger partial charge is 0.323 e. The zero-order chi connectivity index (χ0) is 19.4. The number of amides is 2. The van der Waals surface area contributed by atoms with Gasteiger partial charge in [-0.3, -0.25) is 0 Å². The Kier molecular flexibility index (Phi) is 5.82. The molecule has 1 aliphatic heterocycles. The van der Waals surface area contributed by atoms with Crippen molar-refractivity contribution in [3.8, 4) is 0 Å². The van der Waals surface area contributed by atoms with Crippen LogP contribution in [0.15, 0.2) is 53.4 Å². The van der Waals surface area contributed by atoms with Gasteiger partial charge in [0.25, 0.3) is 0 Å². The standard InChI is InChI=1S/C20H25N3O3S/c1-3-18-5-4-14-23(18)27(25,26)19-12-10-17(11-13-19)22-20(24)21-16-8-6-15(2)7-9-16/h6-13,18H,3-5,14H2,1-2H3,(H2,21,22,24)/t18-/m0/s1. The number of urea groups is 1. The summed E-state index contributed by atoms with van der Waals surface area (Å²) in [5.74, 6) is 0. The number of sulfonamides is 1. The molecular formula is C20H25N3O3S. The Morgan fingerprint density at radius 1 is 1.04 bits per heavy atom. The minimum Gasteiger partial charge on any atom is -0.308 e. The lowest BCUT2D eigenvalue weighted by Crippen LogP contribution is -2.35. The van der Waals surface area contributed by atoms with Gasteiger partial charge in [-0.2, -0.15) is 4.31 Å². The zero-order valence-electron chi connectivity index (χ0n) is 15.6.